The fourth-order valence-electron chi connectivity index (χ4n) is 5.50. The number of carbonyl (C=O) groups excluding carboxylic acids is 1. The third kappa shape index (κ3) is 4.50. The Morgan fingerprint density at radius 1 is 0.944 bits per heavy atom. The van der Waals surface area contributed by atoms with Gasteiger partial charge in [0, 0.05) is 30.0 Å². The second-order valence-corrected chi connectivity index (χ2v) is 11.5. The maximum atomic E-state index is 13.6. The summed E-state index contributed by atoms with van der Waals surface area (Å²) in [5, 5.41) is 3.04. The number of nitrogens with one attached hydrogen (secondary N) is 1. The zero-order chi connectivity index (χ0) is 25.3. The lowest BCUT2D eigenvalue weighted by Crippen LogP contribution is -2.42. The summed E-state index contributed by atoms with van der Waals surface area (Å²) in [7, 11) is -3.93. The molecule has 0 saturated heterocycles. The third-order valence-corrected chi connectivity index (χ3v) is 9.31. The second-order valence-electron chi connectivity index (χ2n) is 9.66. The molecule has 0 bridgehead atoms. The number of hydrogen-bond acceptors (Lipinski definition) is 3. The van der Waals surface area contributed by atoms with Crippen LogP contribution >= 0.6 is 0 Å². The molecule has 1 spiro atoms. The maximum absolute atomic E-state index is 13.6. The van der Waals surface area contributed by atoms with Crippen LogP contribution in [0.4, 0.5) is 14.5 Å². The van der Waals surface area contributed by atoms with Gasteiger partial charge in [0.25, 0.3) is 16.4 Å². The van der Waals surface area contributed by atoms with Gasteiger partial charge in [-0.15, -0.1) is 0 Å². The van der Waals surface area contributed by atoms with Crippen LogP contribution in [0.25, 0.3) is 0 Å². The Morgan fingerprint density at radius 2 is 1.58 bits per heavy atom. The number of carbonyl (C=O) groups is 1. The van der Waals surface area contributed by atoms with Crippen molar-refractivity contribution in [2.45, 2.75) is 49.0 Å². The van der Waals surface area contributed by atoms with E-state index in [0.717, 1.165) is 23.3 Å². The van der Waals surface area contributed by atoms with Gasteiger partial charge in [-0.1, -0.05) is 60.7 Å². The first kappa shape index (κ1) is 24.4. The summed E-state index contributed by atoms with van der Waals surface area (Å²) in [5.41, 5.74) is 2.06. The fourth-order valence-corrected chi connectivity index (χ4v) is 7.07. The Hall–Kier alpha value is -3.26. The molecule has 1 heterocycles. The van der Waals surface area contributed by atoms with Crippen molar-refractivity contribution in [1.82, 2.24) is 5.32 Å². The molecule has 2 aliphatic rings. The van der Waals surface area contributed by atoms with Gasteiger partial charge in [0.1, 0.15) is 0 Å². The van der Waals surface area contributed by atoms with Crippen LogP contribution in [0.3, 0.4) is 0 Å². The SMILES string of the molecule is O=C(NCc1ccccc1)C1CCC2(CC1)CN(S(=O)(=O)c1ccc(C(F)F)cc1)c1ccccc12. The number of para-hydroxylation sites is 1. The van der Waals surface area contributed by atoms with Crippen molar-refractivity contribution in [3.05, 3.63) is 95.6 Å². The van der Waals surface area contributed by atoms with E-state index in [1.54, 1.807) is 6.07 Å². The summed E-state index contributed by atoms with van der Waals surface area (Å²) in [6, 6.07) is 22.1. The summed E-state index contributed by atoms with van der Waals surface area (Å²) < 4.78 is 54.5. The lowest BCUT2D eigenvalue weighted by atomic mass is 9.67. The number of nitrogens with zero attached hydrogens (tertiary/aromatic N) is 1. The van der Waals surface area contributed by atoms with E-state index in [4.69, 9.17) is 0 Å². The highest BCUT2D eigenvalue weighted by Gasteiger charge is 2.48. The number of halogens is 2. The highest BCUT2D eigenvalue weighted by atomic mass is 32.2. The van der Waals surface area contributed by atoms with Crippen molar-refractivity contribution in [1.29, 1.82) is 0 Å². The first-order chi connectivity index (χ1) is 17.3. The highest BCUT2D eigenvalue weighted by molar-refractivity contribution is 7.92. The lowest BCUT2D eigenvalue weighted by molar-refractivity contribution is -0.126. The molecule has 5 nitrogen and oxygen atoms in total. The van der Waals surface area contributed by atoms with E-state index in [-0.39, 0.29) is 34.2 Å². The molecule has 1 amide bonds. The molecule has 188 valence electrons. The second kappa shape index (κ2) is 9.65. The minimum atomic E-state index is -3.93. The average Bonchev–Trinajstić information content (AvgIpc) is 3.23. The van der Waals surface area contributed by atoms with Gasteiger partial charge in [0.2, 0.25) is 5.91 Å². The van der Waals surface area contributed by atoms with E-state index in [9.17, 15) is 22.0 Å². The van der Waals surface area contributed by atoms with E-state index in [2.05, 4.69) is 5.32 Å². The van der Waals surface area contributed by atoms with Gasteiger partial charge in [-0.3, -0.25) is 9.10 Å². The first-order valence-corrected chi connectivity index (χ1v) is 13.6. The standard InChI is InChI=1S/C28H28F2N2O3S/c29-26(30)21-10-12-23(13-11-21)36(34,35)32-19-28(24-8-4-5-9-25(24)32)16-14-22(15-17-28)27(33)31-18-20-6-2-1-3-7-20/h1-13,22,26H,14-19H2,(H,31,33). The quantitative estimate of drug-likeness (QED) is 0.471. The molecule has 1 N–H and O–H groups in total. The van der Waals surface area contributed by atoms with Crippen molar-refractivity contribution in [3.8, 4) is 0 Å². The number of anilines is 1. The number of amides is 1. The van der Waals surface area contributed by atoms with Crippen LogP contribution in [-0.2, 0) is 26.8 Å². The molecular weight excluding hydrogens is 482 g/mol. The van der Waals surface area contributed by atoms with Gasteiger partial charge in [0.05, 0.1) is 10.6 Å². The third-order valence-electron chi connectivity index (χ3n) is 7.53. The van der Waals surface area contributed by atoms with Crippen LogP contribution in [0.1, 0.15) is 48.8 Å². The molecule has 8 heteroatoms. The van der Waals surface area contributed by atoms with Gasteiger partial charge in [-0.25, -0.2) is 17.2 Å². The van der Waals surface area contributed by atoms with Crippen molar-refractivity contribution >= 4 is 21.6 Å². The average molecular weight is 511 g/mol. The van der Waals surface area contributed by atoms with Gasteiger partial charge in [-0.2, -0.15) is 0 Å². The Balaban J connectivity index is 1.32. The van der Waals surface area contributed by atoms with Crippen LogP contribution in [0, 0.1) is 5.92 Å². The van der Waals surface area contributed by atoms with Gasteiger partial charge in [0.15, 0.2) is 0 Å². The summed E-state index contributed by atoms with van der Waals surface area (Å²) in [6.07, 6.45) is 0.0865. The predicted molar refractivity (Wildman–Crippen MR) is 134 cm³/mol. The number of fused-ring (bicyclic) bond motifs is 2. The van der Waals surface area contributed by atoms with E-state index < -0.39 is 16.4 Å². The fraction of sp³-hybridized carbons (Fsp3) is 0.321. The zero-order valence-corrected chi connectivity index (χ0v) is 20.6. The summed E-state index contributed by atoms with van der Waals surface area (Å²) >= 11 is 0. The first-order valence-electron chi connectivity index (χ1n) is 12.1. The number of sulfonamides is 1. The summed E-state index contributed by atoms with van der Waals surface area (Å²) in [4.78, 5) is 12.8. The van der Waals surface area contributed by atoms with Crippen LogP contribution in [0.2, 0.25) is 0 Å². The number of alkyl halides is 2. The molecule has 1 saturated carbocycles. The Kier molecular flexibility index (Phi) is 6.55. The van der Waals surface area contributed by atoms with Crippen LogP contribution in [0.5, 0.6) is 0 Å². The largest absolute Gasteiger partial charge is 0.352 e. The molecule has 3 aromatic carbocycles. The Morgan fingerprint density at radius 3 is 2.25 bits per heavy atom. The van der Waals surface area contributed by atoms with E-state index in [1.807, 2.05) is 48.5 Å². The van der Waals surface area contributed by atoms with Crippen molar-refractivity contribution in [2.24, 2.45) is 5.92 Å². The number of rotatable bonds is 6. The molecule has 1 aliphatic carbocycles. The minimum absolute atomic E-state index is 0.00673. The lowest BCUT2D eigenvalue weighted by Gasteiger charge is -2.37. The smallest absolute Gasteiger partial charge is 0.264 e. The van der Waals surface area contributed by atoms with Crippen LogP contribution < -0.4 is 9.62 Å². The van der Waals surface area contributed by atoms with Crippen molar-refractivity contribution in [3.63, 3.8) is 0 Å². The van der Waals surface area contributed by atoms with Crippen molar-refractivity contribution < 1.29 is 22.0 Å². The molecule has 1 aliphatic heterocycles. The minimum Gasteiger partial charge on any atom is -0.352 e. The number of hydrogen-bond donors (Lipinski definition) is 1. The van der Waals surface area contributed by atoms with E-state index in [0.29, 0.717) is 37.9 Å². The summed E-state index contributed by atoms with van der Waals surface area (Å²) in [5.74, 6) is -0.0809. The maximum Gasteiger partial charge on any atom is 0.264 e. The zero-order valence-electron chi connectivity index (χ0n) is 19.7. The van der Waals surface area contributed by atoms with Crippen LogP contribution in [0.15, 0.2) is 83.8 Å². The van der Waals surface area contributed by atoms with Crippen LogP contribution in [-0.4, -0.2) is 20.9 Å². The Bertz CT molecular complexity index is 1340. The van der Waals surface area contributed by atoms with Crippen molar-refractivity contribution in [2.75, 3.05) is 10.8 Å². The monoisotopic (exact) mass is 510 g/mol. The highest BCUT2D eigenvalue weighted by Crippen LogP contribution is 2.51. The molecule has 3 aromatic rings. The molecule has 5 rings (SSSR count). The van der Waals surface area contributed by atoms with E-state index in [1.165, 1.54) is 16.4 Å². The van der Waals surface area contributed by atoms with Gasteiger partial charge in [-0.05, 0) is 55.0 Å². The van der Waals surface area contributed by atoms with Gasteiger partial charge < -0.3 is 5.32 Å². The molecule has 0 atom stereocenters. The normalized spacial score (nSPS) is 21.5. The topological polar surface area (TPSA) is 66.5 Å². The molecule has 0 unspecified atom stereocenters. The summed E-state index contributed by atoms with van der Waals surface area (Å²) in [6.45, 7) is 0.768. The Labute approximate surface area is 210 Å². The molecule has 0 aromatic heterocycles. The predicted octanol–water partition coefficient (Wildman–Crippen LogP) is 5.58. The molecule has 1 fully saturated rings. The van der Waals surface area contributed by atoms with E-state index >= 15 is 0 Å². The molecule has 36 heavy (non-hydrogen) atoms. The molecule has 0 radical (unpaired) electrons. The number of benzene rings is 3. The molecular formula is C28H28F2N2O3S. The van der Waals surface area contributed by atoms with Gasteiger partial charge >= 0.3 is 0 Å².